The molecule has 0 saturated carbocycles. The van der Waals surface area contributed by atoms with E-state index in [-0.39, 0.29) is 0 Å². The maximum atomic E-state index is 14.1. The van der Waals surface area contributed by atoms with Crippen molar-refractivity contribution in [2.45, 2.75) is 55.0 Å². The molecular formula is C12Cl6F16O4. The molecule has 4 nitrogen and oxygen atoms in total. The topological polar surface area (TPSA) is 52.6 Å². The van der Waals surface area contributed by atoms with Crippen LogP contribution in [-0.4, -0.2) is 66.9 Å². The first-order valence-corrected chi connectivity index (χ1v) is 9.91. The van der Waals surface area contributed by atoms with E-state index in [0.717, 1.165) is 0 Å². The van der Waals surface area contributed by atoms with Crippen molar-refractivity contribution in [3.05, 3.63) is 0 Å². The molecule has 0 heterocycles. The highest BCUT2D eigenvalue weighted by Crippen LogP contribution is 2.61. The normalized spacial score (nSPS) is 20.9. The van der Waals surface area contributed by atoms with Crippen molar-refractivity contribution in [1.29, 1.82) is 0 Å². The molecule has 0 bridgehead atoms. The molecule has 38 heavy (non-hydrogen) atoms. The van der Waals surface area contributed by atoms with E-state index in [4.69, 9.17) is 0 Å². The van der Waals surface area contributed by atoms with Gasteiger partial charge in [-0.1, -0.05) is 46.4 Å². The Balaban J connectivity index is 6.17. The lowest BCUT2D eigenvalue weighted by atomic mass is 10.0. The number of rotatable bonds is 10. The standard InChI is InChI=1S/C12Cl6F16O4/c13-3(19,5(15,21)7(23,24)9(27,28)11(17,31)32)1(35)37-38-2(36)4(14,20)6(16,22)8(25,26)10(29,30)12(18,33)34. The van der Waals surface area contributed by atoms with Gasteiger partial charge < -0.3 is 0 Å². The molecule has 0 spiro atoms. The molecule has 226 valence electrons. The zero-order chi connectivity index (χ0) is 31.6. The quantitative estimate of drug-likeness (QED) is 0.0999. The number of carbonyl (C=O) groups excluding carboxylic acids is 2. The second kappa shape index (κ2) is 10.1. The van der Waals surface area contributed by atoms with E-state index in [2.05, 4.69) is 79.4 Å². The summed E-state index contributed by atoms with van der Waals surface area (Å²) in [6, 6.07) is 0. The summed E-state index contributed by atoms with van der Waals surface area (Å²) in [5, 5.41) is -38.5. The van der Waals surface area contributed by atoms with E-state index in [1.54, 1.807) is 0 Å². The minimum atomic E-state index is -7.34. The minimum absolute atomic E-state index is 2.62. The van der Waals surface area contributed by atoms with Gasteiger partial charge in [-0.2, -0.15) is 52.7 Å². The van der Waals surface area contributed by atoms with Crippen LogP contribution in [0.5, 0.6) is 0 Å². The fraction of sp³-hybridized carbons (Fsp3) is 0.833. The predicted molar refractivity (Wildman–Crippen MR) is 92.3 cm³/mol. The van der Waals surface area contributed by atoms with Gasteiger partial charge in [-0.3, -0.25) is 0 Å². The summed E-state index contributed by atoms with van der Waals surface area (Å²) in [5.41, 5.74) is 0. The van der Waals surface area contributed by atoms with Crippen LogP contribution < -0.4 is 0 Å². The van der Waals surface area contributed by atoms with Gasteiger partial charge in [0.1, 0.15) is 0 Å². The molecule has 0 aliphatic rings. The molecule has 0 fully saturated rings. The Morgan fingerprint density at radius 1 is 0.395 bits per heavy atom. The third-order valence-corrected chi connectivity index (χ3v) is 6.28. The summed E-state index contributed by atoms with van der Waals surface area (Å²) in [5.74, 6) is -36.9. The maximum absolute atomic E-state index is 14.1. The molecule has 4 atom stereocenters. The van der Waals surface area contributed by atoms with Crippen LogP contribution in [0.4, 0.5) is 70.2 Å². The molecule has 0 amide bonds. The molecule has 0 aromatic carbocycles. The van der Waals surface area contributed by atoms with Gasteiger partial charge >= 0.3 is 66.9 Å². The van der Waals surface area contributed by atoms with E-state index in [9.17, 15) is 79.8 Å². The third kappa shape index (κ3) is 5.42. The van der Waals surface area contributed by atoms with Crippen molar-refractivity contribution in [2.24, 2.45) is 0 Å². The fourth-order valence-electron chi connectivity index (χ4n) is 1.58. The average Bonchev–Trinajstić information content (AvgIpc) is 2.68. The van der Waals surface area contributed by atoms with Gasteiger partial charge in [-0.25, -0.2) is 36.9 Å². The minimum Gasteiger partial charge on any atom is -0.242 e. The second-order valence-electron chi connectivity index (χ2n) is 6.33. The van der Waals surface area contributed by atoms with Crippen molar-refractivity contribution in [1.82, 2.24) is 0 Å². The van der Waals surface area contributed by atoms with Gasteiger partial charge in [-0.15, -0.1) is 0 Å². The van der Waals surface area contributed by atoms with Crippen LogP contribution in [0.15, 0.2) is 0 Å². The molecular weight excluding hydrogens is 725 g/mol. The predicted octanol–water partition coefficient (Wildman–Crippen LogP) is 7.81. The third-order valence-electron chi connectivity index (χ3n) is 3.78. The molecule has 26 heteroatoms. The van der Waals surface area contributed by atoms with Crippen LogP contribution in [0.1, 0.15) is 0 Å². The summed E-state index contributed by atoms with van der Waals surface area (Å²) < 4.78 is 213. The summed E-state index contributed by atoms with van der Waals surface area (Å²) in [7, 11) is 0. The molecule has 0 aliphatic heterocycles. The van der Waals surface area contributed by atoms with Crippen LogP contribution in [0.2, 0.25) is 0 Å². The van der Waals surface area contributed by atoms with Gasteiger partial charge in [0.2, 0.25) is 0 Å². The summed E-state index contributed by atoms with van der Waals surface area (Å²) >= 11 is 23.8. The zero-order valence-electron chi connectivity index (χ0n) is 15.9. The van der Waals surface area contributed by atoms with E-state index >= 15 is 0 Å². The largest absolute Gasteiger partial charge is 0.412 e. The highest BCUT2D eigenvalue weighted by atomic mass is 35.5. The lowest BCUT2D eigenvalue weighted by Gasteiger charge is -2.39. The molecule has 0 aromatic rings. The van der Waals surface area contributed by atoms with E-state index in [1.807, 2.05) is 0 Å². The number of carbonyl (C=O) groups is 2. The molecule has 0 rings (SSSR count). The number of hydrogen-bond acceptors (Lipinski definition) is 4. The number of halogens is 22. The van der Waals surface area contributed by atoms with E-state index < -0.39 is 66.9 Å². The highest BCUT2D eigenvalue weighted by molar-refractivity contribution is 6.42. The van der Waals surface area contributed by atoms with Gasteiger partial charge in [0, 0.05) is 0 Å². The molecule has 4 unspecified atom stereocenters. The molecule has 0 aliphatic carbocycles. The van der Waals surface area contributed by atoms with E-state index in [1.165, 1.54) is 0 Å². The monoisotopic (exact) mass is 722 g/mol. The Labute approximate surface area is 226 Å². The maximum Gasteiger partial charge on any atom is 0.412 e. The average molecular weight is 725 g/mol. The first kappa shape index (κ1) is 37.6. The molecule has 0 aromatic heterocycles. The van der Waals surface area contributed by atoms with Crippen LogP contribution in [0, 0.1) is 0 Å². The van der Waals surface area contributed by atoms with Crippen LogP contribution in [0.3, 0.4) is 0 Å². The SMILES string of the molecule is O=C(OOC(=O)C(F)(Cl)C(F)(Cl)C(F)(F)C(F)(F)C(F)(F)Cl)C(F)(Cl)C(F)(Cl)C(F)(F)C(F)(F)C(F)(F)Cl. The summed E-state index contributed by atoms with van der Waals surface area (Å²) in [4.78, 5) is 27.8. The first-order valence-electron chi connectivity index (χ1n) is 7.64. The van der Waals surface area contributed by atoms with Crippen molar-refractivity contribution >= 4 is 81.5 Å². The Bertz CT molecular complexity index is 855. The van der Waals surface area contributed by atoms with Crippen molar-refractivity contribution in [3.8, 4) is 0 Å². The Morgan fingerprint density at radius 3 is 0.737 bits per heavy atom. The first-order chi connectivity index (χ1) is 16.0. The Kier molecular flexibility index (Phi) is 10.0. The zero-order valence-corrected chi connectivity index (χ0v) is 20.5. The van der Waals surface area contributed by atoms with Gasteiger partial charge in [0.25, 0.3) is 0 Å². The lowest BCUT2D eigenvalue weighted by Crippen LogP contribution is -2.67. The highest BCUT2D eigenvalue weighted by Gasteiger charge is 2.87. The number of alkyl halides is 22. The Morgan fingerprint density at radius 2 is 0.579 bits per heavy atom. The molecule has 0 radical (unpaired) electrons. The smallest absolute Gasteiger partial charge is 0.242 e. The summed E-state index contributed by atoms with van der Waals surface area (Å²) in [6.45, 7) is 0. The Hall–Kier alpha value is -0.440. The van der Waals surface area contributed by atoms with Crippen LogP contribution >= 0.6 is 69.6 Å². The number of hydrogen-bond donors (Lipinski definition) is 0. The second-order valence-corrected chi connectivity index (χ2v) is 9.36. The molecule has 0 saturated heterocycles. The van der Waals surface area contributed by atoms with Crippen molar-refractivity contribution < 1.29 is 89.6 Å². The van der Waals surface area contributed by atoms with Gasteiger partial charge in [-0.05, 0) is 23.2 Å². The van der Waals surface area contributed by atoms with Crippen molar-refractivity contribution in [2.75, 3.05) is 0 Å². The van der Waals surface area contributed by atoms with Crippen LogP contribution in [-0.2, 0) is 19.4 Å². The van der Waals surface area contributed by atoms with E-state index in [0.29, 0.717) is 0 Å². The fourth-order valence-corrected chi connectivity index (χ4v) is 2.51. The lowest BCUT2D eigenvalue weighted by molar-refractivity contribution is -0.325. The molecule has 0 N–H and O–H groups in total. The van der Waals surface area contributed by atoms with Crippen LogP contribution in [0.25, 0.3) is 0 Å². The van der Waals surface area contributed by atoms with Gasteiger partial charge in [0.05, 0.1) is 0 Å². The van der Waals surface area contributed by atoms with Crippen molar-refractivity contribution in [3.63, 3.8) is 0 Å². The summed E-state index contributed by atoms with van der Waals surface area (Å²) in [6.07, 6.45) is 0. The van der Waals surface area contributed by atoms with Gasteiger partial charge in [0.15, 0.2) is 0 Å².